The Bertz CT molecular complexity index is 3430. The fourth-order valence-electron chi connectivity index (χ4n) is 14.4. The zero-order chi connectivity index (χ0) is 50.2. The van der Waals surface area contributed by atoms with Crippen molar-refractivity contribution >= 4 is 51.4 Å². The predicted molar refractivity (Wildman–Crippen MR) is 302 cm³/mol. The second-order valence-corrected chi connectivity index (χ2v) is 25.1. The van der Waals surface area contributed by atoms with E-state index in [9.17, 15) is 0 Å². The van der Waals surface area contributed by atoms with E-state index in [-0.39, 0.29) is 49.6 Å². The van der Waals surface area contributed by atoms with Crippen molar-refractivity contribution in [1.29, 1.82) is 0 Å². The quantitative estimate of drug-likeness (QED) is 0.117. The first-order valence-electron chi connectivity index (χ1n) is 26.9. The molecule has 0 radical (unpaired) electrons. The van der Waals surface area contributed by atoms with Crippen LogP contribution in [0.3, 0.4) is 0 Å². The van der Waals surface area contributed by atoms with Crippen molar-refractivity contribution in [3.8, 4) is 17.3 Å². The van der Waals surface area contributed by atoms with E-state index in [0.717, 1.165) is 56.7 Å². The molecule has 4 aliphatic carbocycles. The molecule has 0 spiro atoms. The van der Waals surface area contributed by atoms with Gasteiger partial charge in [-0.3, -0.25) is 0 Å². The number of allylic oxidation sites excluding steroid dienone is 5. The minimum atomic E-state index is -0.170. The number of pyridine rings is 1. The molecule has 0 unspecified atom stereocenters. The van der Waals surface area contributed by atoms with Crippen molar-refractivity contribution in [3.05, 3.63) is 199 Å². The third-order valence-corrected chi connectivity index (χ3v) is 17.4. The van der Waals surface area contributed by atoms with Gasteiger partial charge in [0.25, 0.3) is 0 Å². The molecule has 4 fully saturated rings. The average molecular weight is 1150 g/mol. The van der Waals surface area contributed by atoms with Gasteiger partial charge in [-0.2, -0.15) is 6.07 Å². The molecule has 6 nitrogen and oxygen atoms in total. The first kappa shape index (κ1) is 48.9. The Morgan fingerprint density at radius 3 is 2.03 bits per heavy atom. The molecule has 0 N–H and O–H groups in total. The number of fused-ring (bicyclic) bond motifs is 5. The summed E-state index contributed by atoms with van der Waals surface area (Å²) in [5.74, 6) is 7.50. The van der Waals surface area contributed by atoms with Gasteiger partial charge in [0.1, 0.15) is 5.82 Å². The van der Waals surface area contributed by atoms with Crippen LogP contribution in [0.5, 0.6) is 11.5 Å². The minimum Gasteiger partial charge on any atom is -0.509 e. The summed E-state index contributed by atoms with van der Waals surface area (Å²) >= 11 is 0. The fourth-order valence-corrected chi connectivity index (χ4v) is 14.4. The van der Waals surface area contributed by atoms with Gasteiger partial charge in [0.15, 0.2) is 0 Å². The van der Waals surface area contributed by atoms with E-state index in [4.69, 9.17) is 9.72 Å². The average Bonchev–Trinajstić information content (AvgIpc) is 3.91. The first-order valence-corrected chi connectivity index (χ1v) is 26.9. The van der Waals surface area contributed by atoms with Crippen LogP contribution < -0.4 is 14.5 Å². The van der Waals surface area contributed by atoms with Gasteiger partial charge in [0.05, 0.1) is 0 Å². The van der Waals surface area contributed by atoms with Gasteiger partial charge in [-0.1, -0.05) is 140 Å². The van der Waals surface area contributed by atoms with Crippen LogP contribution in [0.15, 0.2) is 157 Å². The van der Waals surface area contributed by atoms with Crippen LogP contribution in [-0.2, 0) is 42.7 Å². The standard InChI is InChI=1S/C66H67BN5O.Pt/c1-63(2,3)46-37-49(70-42-71(58-23-13-12-22-57(58)70)62-54(64(4,5)6)19-16-20-55(62)65(7,8)9)40-51(38-46)73-50-25-26-53-52-18-10-11-21-56(52)72(59(53)41-50)61-39-45(27-29-68-61)66(47-33-43-32-44(35-47)36-48(66)34-43)60-24-17-31-69-30-15-14-28-67(60)69;/h10-31,37-39,42-44,47-48H,32-36H2,1-9H3;/q-3;. The predicted octanol–water partition coefficient (Wildman–Crippen LogP) is 16.5. The van der Waals surface area contributed by atoms with E-state index in [1.54, 1.807) is 5.47 Å². The Morgan fingerprint density at radius 1 is 0.649 bits per heavy atom. The molecule has 7 aliphatic rings. The van der Waals surface area contributed by atoms with Gasteiger partial charge in [-0.25, -0.2) is 4.98 Å². The molecule has 3 aliphatic heterocycles. The number of hydrogen-bond acceptors (Lipinski definition) is 5. The summed E-state index contributed by atoms with van der Waals surface area (Å²) in [6.07, 6.45) is 22.4. The van der Waals surface area contributed by atoms with Crippen molar-refractivity contribution in [2.45, 2.75) is 116 Å². The molecular formula is C66H67BN5OPt-3. The van der Waals surface area contributed by atoms with Crippen LogP contribution in [0.25, 0.3) is 27.6 Å². The number of para-hydroxylation sites is 4. The summed E-state index contributed by atoms with van der Waals surface area (Å²) in [5.41, 5.74) is 12.8. The van der Waals surface area contributed by atoms with E-state index in [1.807, 2.05) is 0 Å². The molecule has 5 aromatic carbocycles. The van der Waals surface area contributed by atoms with Crippen LogP contribution in [0, 0.1) is 42.5 Å². The molecule has 4 saturated carbocycles. The fraction of sp³-hybridized carbons (Fsp3) is 0.333. The third-order valence-electron chi connectivity index (χ3n) is 17.4. The molecule has 378 valence electrons. The molecular weight excluding hydrogens is 1080 g/mol. The summed E-state index contributed by atoms with van der Waals surface area (Å²) in [6, 6.07) is 45.4. The van der Waals surface area contributed by atoms with E-state index >= 15 is 0 Å². The molecule has 5 heterocycles. The zero-order valence-electron chi connectivity index (χ0n) is 44.4. The van der Waals surface area contributed by atoms with Crippen LogP contribution in [0.2, 0.25) is 0 Å². The Morgan fingerprint density at radius 2 is 1.32 bits per heavy atom. The van der Waals surface area contributed by atoms with Crippen molar-refractivity contribution < 1.29 is 25.8 Å². The van der Waals surface area contributed by atoms with Crippen LogP contribution in [-0.4, -0.2) is 21.2 Å². The van der Waals surface area contributed by atoms with Crippen molar-refractivity contribution in [2.24, 2.45) is 23.7 Å². The van der Waals surface area contributed by atoms with Gasteiger partial charge in [-0.15, -0.1) is 53.6 Å². The molecule has 0 atom stereocenters. The van der Waals surface area contributed by atoms with Gasteiger partial charge in [0, 0.05) is 66.8 Å². The van der Waals surface area contributed by atoms with Gasteiger partial charge < -0.3 is 23.9 Å². The number of anilines is 4. The summed E-state index contributed by atoms with van der Waals surface area (Å²) in [7, 11) is 0. The monoisotopic (exact) mass is 1150 g/mol. The largest absolute Gasteiger partial charge is 0.509 e. The van der Waals surface area contributed by atoms with Crippen molar-refractivity contribution in [2.75, 3.05) is 9.80 Å². The summed E-state index contributed by atoms with van der Waals surface area (Å²) in [4.78, 5) is 12.4. The zero-order valence-corrected chi connectivity index (χ0v) is 46.7. The third kappa shape index (κ3) is 7.88. The maximum Gasteiger partial charge on any atom is 0.316 e. The number of benzene rings is 5. The topological polar surface area (TPSA) is 36.8 Å². The second-order valence-electron chi connectivity index (χ2n) is 25.1. The van der Waals surface area contributed by atoms with Crippen molar-refractivity contribution in [1.82, 2.24) is 14.4 Å². The summed E-state index contributed by atoms with van der Waals surface area (Å²) in [5, 5.41) is 2.29. The number of rotatable bonds is 7. The van der Waals surface area contributed by atoms with E-state index < -0.39 is 0 Å². The van der Waals surface area contributed by atoms with Gasteiger partial charge >= 0.3 is 6.85 Å². The van der Waals surface area contributed by atoms with Crippen molar-refractivity contribution in [3.63, 3.8) is 0 Å². The molecule has 2 aromatic heterocycles. The minimum absolute atomic E-state index is 0. The SMILES string of the molecule is CC(C)(C)c1cc(Oc2[c-]c3c(cc2)c2ccccc2n3-c2cc(C3(C4=CC=CN5C=CC=CB45)C4CC5CC(C4)CC3C5)ccn2)[c-]c(N2[CH-]N(c3c(C(C)(C)C)cccc3C(C)(C)C)c3ccccc32)c1.[Pt]. The molecule has 7 aromatic rings. The van der Waals surface area contributed by atoms with E-state index in [1.165, 1.54) is 59.9 Å². The normalized spacial score (nSPS) is 22.9. The number of hydrogen-bond donors (Lipinski definition) is 0. The number of nitrogens with zero attached hydrogens (tertiary/aromatic N) is 5. The Kier molecular flexibility index (Phi) is 11.8. The van der Waals surface area contributed by atoms with Gasteiger partial charge in [0.2, 0.25) is 0 Å². The second kappa shape index (κ2) is 17.8. The molecule has 14 rings (SSSR count). The number of ether oxygens (including phenoxy) is 1. The Balaban J connectivity index is 0.00000556. The Hall–Kier alpha value is -6.04. The first-order chi connectivity index (χ1) is 35.0. The molecule has 0 amide bonds. The smallest absolute Gasteiger partial charge is 0.316 e. The van der Waals surface area contributed by atoms with E-state index in [2.05, 4.69) is 252 Å². The maximum absolute atomic E-state index is 7.04. The molecule has 4 bridgehead atoms. The molecule has 74 heavy (non-hydrogen) atoms. The summed E-state index contributed by atoms with van der Waals surface area (Å²) in [6.45, 7) is 23.2. The van der Waals surface area contributed by atoms with Crippen LogP contribution in [0.4, 0.5) is 22.7 Å². The number of aromatic nitrogens is 2. The Labute approximate surface area is 454 Å². The molecule has 0 saturated heterocycles. The van der Waals surface area contributed by atoms with Crippen LogP contribution in [0.1, 0.15) is 117 Å². The maximum atomic E-state index is 7.04. The van der Waals surface area contributed by atoms with E-state index in [0.29, 0.717) is 23.3 Å². The van der Waals surface area contributed by atoms with Gasteiger partial charge in [-0.05, 0) is 149 Å². The summed E-state index contributed by atoms with van der Waals surface area (Å²) < 4.78 is 9.37. The van der Waals surface area contributed by atoms with Crippen LogP contribution >= 0.6 is 0 Å². The molecule has 8 heteroatoms.